The summed E-state index contributed by atoms with van der Waals surface area (Å²) in [5.41, 5.74) is 1.80. The summed E-state index contributed by atoms with van der Waals surface area (Å²) >= 11 is 1.55. The molecule has 202 valence electrons. The van der Waals surface area contributed by atoms with E-state index in [9.17, 15) is 24.6 Å². The fourth-order valence-corrected chi connectivity index (χ4v) is 9.16. The van der Waals surface area contributed by atoms with Gasteiger partial charge in [0.1, 0.15) is 6.04 Å². The van der Waals surface area contributed by atoms with E-state index in [0.717, 1.165) is 24.5 Å². The molecule has 3 fully saturated rings. The normalized spacial score (nSPS) is 29.9. The highest BCUT2D eigenvalue weighted by Gasteiger charge is 2.76. The molecule has 2 bridgehead atoms. The van der Waals surface area contributed by atoms with Gasteiger partial charge in [0, 0.05) is 49.4 Å². The summed E-state index contributed by atoms with van der Waals surface area (Å²) in [6.07, 6.45) is 3.43. The van der Waals surface area contributed by atoms with E-state index in [1.807, 2.05) is 24.3 Å². The van der Waals surface area contributed by atoms with Crippen molar-refractivity contribution in [2.75, 3.05) is 42.6 Å². The van der Waals surface area contributed by atoms with Crippen LogP contribution in [-0.4, -0.2) is 81.7 Å². The number of carboxylic acids is 1. The predicted octanol–water partition coefficient (Wildman–Crippen LogP) is 3.25. The number of hydrogen-bond donors (Lipinski definition) is 2. The molecule has 2 amide bonds. The van der Waals surface area contributed by atoms with Crippen LogP contribution in [0.4, 0.5) is 11.4 Å². The largest absolute Gasteiger partial charge is 0.481 e. The van der Waals surface area contributed by atoms with Gasteiger partial charge in [-0.1, -0.05) is 13.0 Å². The number of aliphatic carboxylic acids is 1. The van der Waals surface area contributed by atoms with Gasteiger partial charge in [0.25, 0.3) is 5.91 Å². The molecule has 0 aromatic heterocycles. The van der Waals surface area contributed by atoms with Crippen molar-refractivity contribution in [3.63, 3.8) is 0 Å². The summed E-state index contributed by atoms with van der Waals surface area (Å²) in [5.74, 6) is -2.86. The lowest BCUT2D eigenvalue weighted by Crippen LogP contribution is -2.57. The van der Waals surface area contributed by atoms with Crippen molar-refractivity contribution in [2.45, 2.75) is 56.1 Å². The number of fused-ring (bicyclic) bond motifs is 1. The Bertz CT molecular complexity index is 1030. The molecule has 3 heterocycles. The molecular formula is C28H39N3O5S. The molecule has 9 heteroatoms. The third kappa shape index (κ3) is 4.44. The Morgan fingerprint density at radius 1 is 1.19 bits per heavy atom. The highest BCUT2D eigenvalue weighted by Crippen LogP contribution is 2.68. The number of aliphatic hydroxyl groups is 1. The predicted molar refractivity (Wildman–Crippen MR) is 147 cm³/mol. The van der Waals surface area contributed by atoms with Crippen LogP contribution in [0.15, 0.2) is 36.9 Å². The lowest BCUT2D eigenvalue weighted by atomic mass is 9.66. The molecule has 1 aromatic carbocycles. The van der Waals surface area contributed by atoms with E-state index in [1.54, 1.807) is 27.6 Å². The monoisotopic (exact) mass is 529 g/mol. The second-order valence-electron chi connectivity index (χ2n) is 10.3. The number of rotatable bonds is 12. The number of hydrogen-bond acceptors (Lipinski definition) is 6. The van der Waals surface area contributed by atoms with Crippen LogP contribution in [0.2, 0.25) is 0 Å². The molecule has 3 unspecified atom stereocenters. The SMILES string of the molecule is C=CCN(C(=O)C1N(CCCCO)C(=O)[C@@H]2[C@H](C(=O)O)[C@@H]3CC(C)C12S3)c1ccc(N(CC)CC)cc1. The van der Waals surface area contributed by atoms with Gasteiger partial charge in [0.2, 0.25) is 5.91 Å². The summed E-state index contributed by atoms with van der Waals surface area (Å²) < 4.78 is -0.776. The maximum absolute atomic E-state index is 14.5. The van der Waals surface area contributed by atoms with Gasteiger partial charge in [-0.05, 0) is 63.3 Å². The number of thioether (sulfide) groups is 1. The van der Waals surface area contributed by atoms with E-state index in [0.29, 0.717) is 25.8 Å². The van der Waals surface area contributed by atoms with Gasteiger partial charge in [-0.2, -0.15) is 0 Å². The maximum atomic E-state index is 14.5. The number of nitrogens with zero attached hydrogens (tertiary/aromatic N) is 3. The number of carbonyl (C=O) groups is 3. The highest BCUT2D eigenvalue weighted by molar-refractivity contribution is 8.02. The Labute approximate surface area is 223 Å². The lowest BCUT2D eigenvalue weighted by molar-refractivity contribution is -0.149. The molecule has 2 N–H and O–H groups in total. The van der Waals surface area contributed by atoms with Crippen LogP contribution in [0.1, 0.15) is 40.0 Å². The first kappa shape index (κ1) is 27.5. The van der Waals surface area contributed by atoms with Gasteiger partial charge < -0.3 is 24.9 Å². The van der Waals surface area contributed by atoms with Crippen molar-refractivity contribution in [1.29, 1.82) is 0 Å². The van der Waals surface area contributed by atoms with Crippen LogP contribution in [0, 0.1) is 17.8 Å². The Morgan fingerprint density at radius 3 is 2.41 bits per heavy atom. The molecule has 3 aliphatic rings. The summed E-state index contributed by atoms with van der Waals surface area (Å²) in [7, 11) is 0. The van der Waals surface area contributed by atoms with Gasteiger partial charge >= 0.3 is 5.97 Å². The maximum Gasteiger partial charge on any atom is 0.308 e. The number of anilines is 2. The second-order valence-corrected chi connectivity index (χ2v) is 11.8. The summed E-state index contributed by atoms with van der Waals surface area (Å²) in [6.45, 7) is 12.5. The van der Waals surface area contributed by atoms with E-state index in [-0.39, 0.29) is 36.1 Å². The minimum absolute atomic E-state index is 0.00166. The van der Waals surface area contributed by atoms with E-state index < -0.39 is 28.6 Å². The van der Waals surface area contributed by atoms with Crippen LogP contribution in [0.3, 0.4) is 0 Å². The molecule has 0 radical (unpaired) electrons. The molecular weight excluding hydrogens is 490 g/mol. The molecule has 3 saturated heterocycles. The minimum Gasteiger partial charge on any atom is -0.481 e. The molecule has 8 nitrogen and oxygen atoms in total. The number of amides is 2. The van der Waals surface area contributed by atoms with Crippen molar-refractivity contribution >= 4 is 40.9 Å². The number of benzene rings is 1. The minimum atomic E-state index is -0.956. The lowest BCUT2D eigenvalue weighted by Gasteiger charge is -2.40. The van der Waals surface area contributed by atoms with E-state index >= 15 is 0 Å². The Morgan fingerprint density at radius 2 is 1.84 bits per heavy atom. The van der Waals surface area contributed by atoms with Gasteiger partial charge in [0.15, 0.2) is 0 Å². The summed E-state index contributed by atoms with van der Waals surface area (Å²) in [5, 5.41) is 19.2. The first-order valence-electron chi connectivity index (χ1n) is 13.4. The zero-order valence-corrected chi connectivity index (χ0v) is 22.8. The molecule has 3 aliphatic heterocycles. The fourth-order valence-electron chi connectivity index (χ4n) is 6.75. The van der Waals surface area contributed by atoms with Crippen LogP contribution < -0.4 is 9.80 Å². The van der Waals surface area contributed by atoms with Crippen LogP contribution >= 0.6 is 11.8 Å². The molecule has 0 saturated carbocycles. The first-order chi connectivity index (χ1) is 17.8. The second kappa shape index (κ2) is 11.1. The number of carboxylic acid groups (broad SMARTS) is 1. The van der Waals surface area contributed by atoms with Gasteiger partial charge in [-0.25, -0.2) is 0 Å². The Balaban J connectivity index is 1.74. The number of likely N-dealkylation sites (tertiary alicyclic amines) is 1. The molecule has 4 rings (SSSR count). The first-order valence-corrected chi connectivity index (χ1v) is 14.2. The van der Waals surface area contributed by atoms with Gasteiger partial charge in [-0.15, -0.1) is 18.3 Å². The van der Waals surface area contributed by atoms with Gasteiger partial charge in [-0.3, -0.25) is 14.4 Å². The van der Waals surface area contributed by atoms with E-state index in [2.05, 4.69) is 32.3 Å². The summed E-state index contributed by atoms with van der Waals surface area (Å²) in [6, 6.07) is 7.11. The zero-order valence-electron chi connectivity index (χ0n) is 22.0. The van der Waals surface area contributed by atoms with Gasteiger partial charge in [0.05, 0.1) is 16.6 Å². The average Bonchev–Trinajstić information content (AvgIpc) is 3.47. The third-order valence-electron chi connectivity index (χ3n) is 8.44. The molecule has 37 heavy (non-hydrogen) atoms. The van der Waals surface area contributed by atoms with Crippen LogP contribution in [0.5, 0.6) is 0 Å². The summed E-state index contributed by atoms with van der Waals surface area (Å²) in [4.78, 5) is 46.1. The quantitative estimate of drug-likeness (QED) is 0.317. The number of unbranched alkanes of at least 4 members (excludes halogenated alkanes) is 1. The third-order valence-corrected chi connectivity index (χ3v) is 10.5. The zero-order chi connectivity index (χ0) is 26.9. The topological polar surface area (TPSA) is 101 Å². The molecule has 1 aromatic rings. The molecule has 1 spiro atoms. The van der Waals surface area contributed by atoms with Crippen LogP contribution in [0.25, 0.3) is 0 Å². The number of aliphatic hydroxyl groups excluding tert-OH is 1. The van der Waals surface area contributed by atoms with E-state index in [1.165, 1.54) is 0 Å². The Kier molecular flexibility index (Phi) is 8.23. The van der Waals surface area contributed by atoms with E-state index in [4.69, 9.17) is 0 Å². The Hall–Kier alpha value is -2.52. The molecule has 0 aliphatic carbocycles. The highest BCUT2D eigenvalue weighted by atomic mass is 32.2. The number of carbonyl (C=O) groups excluding carboxylic acids is 2. The molecule has 6 atom stereocenters. The van der Waals surface area contributed by atoms with Crippen molar-refractivity contribution in [1.82, 2.24) is 4.90 Å². The standard InChI is InChI=1S/C28H39N3O5S/c1-5-14-30(20-12-10-19(11-13-20)29(6-2)7-3)26(34)24-28-18(4)17-21(37-28)22(27(35)36)23(28)25(33)31(24)15-8-9-16-32/h5,10-13,18,21-24,32H,1,6-9,14-17H2,2-4H3,(H,35,36)/t18?,21-,22+,23-,24?,28?/m0/s1. The smallest absolute Gasteiger partial charge is 0.308 e. The van der Waals surface area contributed by atoms with Crippen molar-refractivity contribution < 1.29 is 24.6 Å². The van der Waals surface area contributed by atoms with Crippen molar-refractivity contribution in [2.24, 2.45) is 17.8 Å². The van der Waals surface area contributed by atoms with Crippen molar-refractivity contribution in [3.8, 4) is 0 Å². The fraction of sp³-hybridized carbons (Fsp3) is 0.607. The van der Waals surface area contributed by atoms with Crippen molar-refractivity contribution in [3.05, 3.63) is 36.9 Å². The van der Waals surface area contributed by atoms with Crippen LogP contribution in [-0.2, 0) is 14.4 Å². The average molecular weight is 530 g/mol.